The normalized spacial score (nSPS) is 15.1. The Morgan fingerprint density at radius 3 is 1.93 bits per heavy atom. The Morgan fingerprint density at radius 1 is 1.00 bits per heavy atom. The highest BCUT2D eigenvalue weighted by atomic mass is 79.9. The van der Waals surface area contributed by atoms with E-state index in [0.717, 1.165) is 5.75 Å². The second-order valence-electron chi connectivity index (χ2n) is 4.20. The largest absolute Gasteiger partial charge is 0.491 e. The minimum atomic E-state index is 0.239. The molecule has 0 N–H and O–H groups in total. The van der Waals surface area contributed by atoms with E-state index in [2.05, 4.69) is 41.9 Å². The van der Waals surface area contributed by atoms with Crippen LogP contribution in [0.25, 0.3) is 0 Å². The van der Waals surface area contributed by atoms with Gasteiger partial charge < -0.3 is 4.74 Å². The lowest BCUT2D eigenvalue weighted by molar-refractivity contribution is 0.242. The van der Waals surface area contributed by atoms with Crippen molar-refractivity contribution in [3.63, 3.8) is 0 Å². The molecule has 2 unspecified atom stereocenters. The molecule has 1 aromatic carbocycles. The summed E-state index contributed by atoms with van der Waals surface area (Å²) in [5.74, 6) is 1.47. The topological polar surface area (TPSA) is 9.23 Å². The molecule has 1 aromatic rings. The van der Waals surface area contributed by atoms with E-state index in [1.807, 2.05) is 26.0 Å². The minimum absolute atomic E-state index is 0.239. The quantitative estimate of drug-likeness (QED) is 0.739. The maximum Gasteiger partial charge on any atom is 0.119 e. The number of benzene rings is 1. The van der Waals surface area contributed by atoms with Gasteiger partial charge in [0.25, 0.3) is 0 Å². The first kappa shape index (κ1) is 12.6. The van der Waals surface area contributed by atoms with Crippen LogP contribution in [0.1, 0.15) is 39.2 Å². The fourth-order valence-corrected chi connectivity index (χ4v) is 1.69. The van der Waals surface area contributed by atoms with E-state index in [1.165, 1.54) is 5.56 Å². The number of hydrogen-bond donors (Lipinski definition) is 0. The van der Waals surface area contributed by atoms with Crippen molar-refractivity contribution in [3.05, 3.63) is 29.8 Å². The average Bonchev–Trinajstić information content (AvgIpc) is 2.17. The zero-order chi connectivity index (χ0) is 11.4. The Balaban J connectivity index is 2.72. The molecule has 0 fully saturated rings. The highest BCUT2D eigenvalue weighted by Crippen LogP contribution is 2.26. The Morgan fingerprint density at radius 2 is 1.53 bits per heavy atom. The predicted molar refractivity (Wildman–Crippen MR) is 69.0 cm³/mol. The van der Waals surface area contributed by atoms with Crippen molar-refractivity contribution in [2.75, 3.05) is 0 Å². The molecule has 1 rings (SSSR count). The SMILES string of the molecule is CC(C)Oc1ccc(C(C)C(C)Br)cc1. The van der Waals surface area contributed by atoms with Crippen LogP contribution in [0.15, 0.2) is 24.3 Å². The summed E-state index contributed by atoms with van der Waals surface area (Å²) in [4.78, 5) is 0.495. The van der Waals surface area contributed by atoms with Crippen LogP contribution < -0.4 is 4.74 Å². The predicted octanol–water partition coefficient (Wildman–Crippen LogP) is 4.36. The van der Waals surface area contributed by atoms with Gasteiger partial charge in [-0.25, -0.2) is 0 Å². The van der Waals surface area contributed by atoms with Crippen molar-refractivity contribution in [1.82, 2.24) is 0 Å². The minimum Gasteiger partial charge on any atom is -0.491 e. The van der Waals surface area contributed by atoms with Crippen LogP contribution in [-0.2, 0) is 0 Å². The van der Waals surface area contributed by atoms with Gasteiger partial charge in [0, 0.05) is 4.83 Å². The number of hydrogen-bond acceptors (Lipinski definition) is 1. The Hall–Kier alpha value is -0.500. The van der Waals surface area contributed by atoms with Gasteiger partial charge in [-0.15, -0.1) is 0 Å². The van der Waals surface area contributed by atoms with Crippen LogP contribution in [0, 0.1) is 0 Å². The van der Waals surface area contributed by atoms with Gasteiger partial charge in [0.15, 0.2) is 0 Å². The van der Waals surface area contributed by atoms with Gasteiger partial charge >= 0.3 is 0 Å². The van der Waals surface area contributed by atoms with Gasteiger partial charge in [0.05, 0.1) is 6.10 Å². The molecule has 0 radical (unpaired) electrons. The lowest BCUT2D eigenvalue weighted by Crippen LogP contribution is -2.07. The van der Waals surface area contributed by atoms with E-state index >= 15 is 0 Å². The summed E-state index contributed by atoms with van der Waals surface area (Å²) in [6, 6.07) is 8.36. The molecule has 1 nitrogen and oxygen atoms in total. The summed E-state index contributed by atoms with van der Waals surface area (Å²) in [5, 5.41) is 0. The van der Waals surface area contributed by atoms with Crippen LogP contribution in [0.5, 0.6) is 5.75 Å². The molecule has 15 heavy (non-hydrogen) atoms. The number of ether oxygens (including phenoxy) is 1. The third-order valence-corrected chi connectivity index (χ3v) is 3.26. The van der Waals surface area contributed by atoms with Crippen molar-refractivity contribution < 1.29 is 4.74 Å². The van der Waals surface area contributed by atoms with Crippen LogP contribution in [-0.4, -0.2) is 10.9 Å². The van der Waals surface area contributed by atoms with Crippen molar-refractivity contribution in [1.29, 1.82) is 0 Å². The molecule has 0 bridgehead atoms. The first-order valence-electron chi connectivity index (χ1n) is 5.41. The zero-order valence-corrected chi connectivity index (χ0v) is 11.4. The molecule has 0 aliphatic rings. The summed E-state index contributed by atoms with van der Waals surface area (Å²) < 4.78 is 5.60. The van der Waals surface area contributed by atoms with E-state index in [9.17, 15) is 0 Å². The van der Waals surface area contributed by atoms with Crippen molar-refractivity contribution in [2.24, 2.45) is 0 Å². The van der Waals surface area contributed by atoms with E-state index in [0.29, 0.717) is 10.7 Å². The smallest absolute Gasteiger partial charge is 0.119 e. The standard InChI is InChI=1S/C13H19BrO/c1-9(2)15-13-7-5-12(6-8-13)10(3)11(4)14/h5-11H,1-4H3. The molecule has 0 aromatic heterocycles. The van der Waals surface area contributed by atoms with Gasteiger partial charge in [-0.1, -0.05) is 41.9 Å². The van der Waals surface area contributed by atoms with Gasteiger partial charge in [0.2, 0.25) is 0 Å². The number of rotatable bonds is 4. The summed E-state index contributed by atoms with van der Waals surface area (Å²) in [5.41, 5.74) is 1.34. The molecule has 0 saturated heterocycles. The van der Waals surface area contributed by atoms with Gasteiger partial charge in [0.1, 0.15) is 5.75 Å². The molecule has 84 valence electrons. The molecule has 0 spiro atoms. The van der Waals surface area contributed by atoms with Gasteiger partial charge in [-0.3, -0.25) is 0 Å². The van der Waals surface area contributed by atoms with E-state index in [4.69, 9.17) is 4.74 Å². The third-order valence-electron chi connectivity index (χ3n) is 2.47. The number of halogens is 1. The molecule has 0 amide bonds. The molecule has 2 heteroatoms. The highest BCUT2D eigenvalue weighted by Gasteiger charge is 2.10. The summed E-state index contributed by atoms with van der Waals surface area (Å²) >= 11 is 3.60. The summed E-state index contributed by atoms with van der Waals surface area (Å²) in [6.45, 7) is 8.47. The maximum absolute atomic E-state index is 5.60. The Labute approximate surface area is 101 Å². The van der Waals surface area contributed by atoms with Crippen molar-refractivity contribution >= 4 is 15.9 Å². The second kappa shape index (κ2) is 5.55. The zero-order valence-electron chi connectivity index (χ0n) is 9.83. The van der Waals surface area contributed by atoms with Gasteiger partial charge in [-0.2, -0.15) is 0 Å². The van der Waals surface area contributed by atoms with Crippen molar-refractivity contribution in [2.45, 2.75) is 44.5 Å². The summed E-state index contributed by atoms with van der Waals surface area (Å²) in [6.07, 6.45) is 0.239. The lowest BCUT2D eigenvalue weighted by Gasteiger charge is -2.15. The van der Waals surface area contributed by atoms with E-state index < -0.39 is 0 Å². The maximum atomic E-state index is 5.60. The molecular formula is C13H19BrO. The molecule has 2 atom stereocenters. The second-order valence-corrected chi connectivity index (χ2v) is 5.65. The van der Waals surface area contributed by atoms with Crippen LogP contribution in [0.2, 0.25) is 0 Å². The van der Waals surface area contributed by atoms with Crippen LogP contribution in [0.3, 0.4) is 0 Å². The number of alkyl halides is 1. The average molecular weight is 271 g/mol. The van der Waals surface area contributed by atoms with E-state index in [-0.39, 0.29) is 6.10 Å². The molecule has 0 aliphatic carbocycles. The van der Waals surface area contributed by atoms with Crippen molar-refractivity contribution in [3.8, 4) is 5.75 Å². The summed E-state index contributed by atoms with van der Waals surface area (Å²) in [7, 11) is 0. The van der Waals surface area contributed by atoms with E-state index in [1.54, 1.807) is 0 Å². The fraction of sp³-hybridized carbons (Fsp3) is 0.538. The van der Waals surface area contributed by atoms with Gasteiger partial charge in [-0.05, 0) is 37.5 Å². The first-order chi connectivity index (χ1) is 7.00. The molecule has 0 aliphatic heterocycles. The van der Waals surface area contributed by atoms with Crippen LogP contribution >= 0.6 is 15.9 Å². The highest BCUT2D eigenvalue weighted by molar-refractivity contribution is 9.09. The lowest BCUT2D eigenvalue weighted by atomic mass is 9.99. The monoisotopic (exact) mass is 270 g/mol. The molecular weight excluding hydrogens is 252 g/mol. The Bertz CT molecular complexity index is 290. The first-order valence-corrected chi connectivity index (χ1v) is 6.33. The Kier molecular flexibility index (Phi) is 4.65. The molecule has 0 saturated carbocycles. The fourth-order valence-electron chi connectivity index (χ4n) is 1.39. The molecule has 0 heterocycles. The van der Waals surface area contributed by atoms with Crippen LogP contribution in [0.4, 0.5) is 0 Å². The third kappa shape index (κ3) is 3.86.